The fourth-order valence-corrected chi connectivity index (χ4v) is 2.64. The first kappa shape index (κ1) is 19.3. The maximum absolute atomic E-state index is 12.5. The van der Waals surface area contributed by atoms with Crippen LogP contribution in [0.25, 0.3) is 0 Å². The van der Waals surface area contributed by atoms with Crippen molar-refractivity contribution in [2.45, 2.75) is 6.18 Å². The van der Waals surface area contributed by atoms with E-state index < -0.39 is 29.5 Å². The molecule has 0 unspecified atom stereocenters. The number of nitrogens with one attached hydrogen (secondary N) is 2. The summed E-state index contributed by atoms with van der Waals surface area (Å²) in [5, 5.41) is 5.41. The van der Waals surface area contributed by atoms with Gasteiger partial charge in [-0.3, -0.25) is 19.3 Å². The summed E-state index contributed by atoms with van der Waals surface area (Å²) in [6.45, 7) is 0.403. The van der Waals surface area contributed by atoms with Gasteiger partial charge < -0.3 is 10.6 Å². The molecule has 28 heavy (non-hydrogen) atoms. The van der Waals surface area contributed by atoms with Gasteiger partial charge in [0.05, 0.1) is 16.7 Å². The second-order valence-corrected chi connectivity index (χ2v) is 6.04. The monoisotopic (exact) mass is 392 g/mol. The summed E-state index contributed by atoms with van der Waals surface area (Å²) in [5.74, 6) is -1.09. The number of alkyl halides is 3. The summed E-state index contributed by atoms with van der Waals surface area (Å²) < 4.78 is 37.4. The van der Waals surface area contributed by atoms with Crippen molar-refractivity contribution < 1.29 is 27.6 Å². The van der Waals surface area contributed by atoms with E-state index >= 15 is 0 Å². The Balaban J connectivity index is 1.53. The highest BCUT2D eigenvalue weighted by Crippen LogP contribution is 2.28. The molecule has 2 heterocycles. The molecule has 0 aliphatic carbocycles. The number of pyridine rings is 1. The van der Waals surface area contributed by atoms with Crippen LogP contribution in [0.2, 0.25) is 0 Å². The quantitative estimate of drug-likeness (QED) is 0.601. The van der Waals surface area contributed by atoms with Gasteiger partial charge >= 0.3 is 6.18 Å². The van der Waals surface area contributed by atoms with Gasteiger partial charge in [0, 0.05) is 31.9 Å². The van der Waals surface area contributed by atoms with Gasteiger partial charge in [-0.2, -0.15) is 13.2 Å². The zero-order chi connectivity index (χ0) is 20.5. The molecule has 2 N–H and O–H groups in total. The lowest BCUT2D eigenvalue weighted by atomic mass is 10.1. The van der Waals surface area contributed by atoms with Crippen molar-refractivity contribution in [3.05, 3.63) is 58.8 Å². The number of nitrogens with zero attached hydrogens (tertiary/aromatic N) is 2. The van der Waals surface area contributed by atoms with Crippen LogP contribution in [-0.2, 0) is 6.18 Å². The molecule has 3 amide bonds. The largest absolute Gasteiger partial charge is 0.417 e. The van der Waals surface area contributed by atoms with Gasteiger partial charge in [0.1, 0.15) is 5.82 Å². The number of halogens is 3. The Morgan fingerprint density at radius 3 is 2.43 bits per heavy atom. The SMILES string of the molecule is CN1C(=O)c2ccc(C(=O)NCCNc3ccc(C(F)(F)F)cn3)cc2C1=O. The number of rotatable bonds is 5. The van der Waals surface area contributed by atoms with Crippen LogP contribution in [0.3, 0.4) is 0 Å². The smallest absolute Gasteiger partial charge is 0.368 e. The van der Waals surface area contributed by atoms with Gasteiger partial charge in [-0.1, -0.05) is 0 Å². The summed E-state index contributed by atoms with van der Waals surface area (Å²) in [4.78, 5) is 40.6. The Kier molecular flexibility index (Phi) is 5.04. The van der Waals surface area contributed by atoms with E-state index in [0.29, 0.717) is 0 Å². The molecule has 7 nitrogen and oxygen atoms in total. The van der Waals surface area contributed by atoms with Crippen LogP contribution in [-0.4, -0.2) is 47.7 Å². The standard InChI is InChI=1S/C18H15F3N4O3/c1-25-16(27)12-4-2-10(8-13(12)17(25)28)15(26)23-7-6-22-14-5-3-11(9-24-14)18(19,20)21/h2-5,8-9H,6-7H2,1H3,(H,22,24)(H,23,26). The summed E-state index contributed by atoms with van der Waals surface area (Å²) in [5.41, 5.74) is -0.198. The van der Waals surface area contributed by atoms with Crippen molar-refractivity contribution in [1.29, 1.82) is 0 Å². The van der Waals surface area contributed by atoms with E-state index in [1.165, 1.54) is 31.3 Å². The third-order valence-electron chi connectivity index (χ3n) is 4.16. The van der Waals surface area contributed by atoms with E-state index in [0.717, 1.165) is 17.2 Å². The second kappa shape index (κ2) is 7.29. The molecule has 0 saturated heterocycles. The van der Waals surface area contributed by atoms with Crippen molar-refractivity contribution in [1.82, 2.24) is 15.2 Å². The molecule has 10 heteroatoms. The summed E-state index contributed by atoms with van der Waals surface area (Å²) >= 11 is 0. The molecule has 1 aliphatic rings. The van der Waals surface area contributed by atoms with Crippen molar-refractivity contribution in [3.63, 3.8) is 0 Å². The van der Waals surface area contributed by atoms with Crippen LogP contribution < -0.4 is 10.6 Å². The van der Waals surface area contributed by atoms with Gasteiger partial charge in [0.15, 0.2) is 0 Å². The van der Waals surface area contributed by atoms with E-state index in [1.54, 1.807) is 0 Å². The lowest BCUT2D eigenvalue weighted by molar-refractivity contribution is -0.137. The fourth-order valence-electron chi connectivity index (χ4n) is 2.64. The van der Waals surface area contributed by atoms with Crippen LogP contribution in [0.4, 0.5) is 19.0 Å². The summed E-state index contributed by atoms with van der Waals surface area (Å²) in [7, 11) is 1.37. The minimum absolute atomic E-state index is 0.172. The van der Waals surface area contributed by atoms with E-state index in [4.69, 9.17) is 0 Å². The molecule has 0 atom stereocenters. The van der Waals surface area contributed by atoms with Gasteiger partial charge in [0.25, 0.3) is 17.7 Å². The van der Waals surface area contributed by atoms with Crippen molar-refractivity contribution in [2.75, 3.05) is 25.5 Å². The van der Waals surface area contributed by atoms with Crippen LogP contribution in [0.5, 0.6) is 0 Å². The van der Waals surface area contributed by atoms with Crippen molar-refractivity contribution >= 4 is 23.5 Å². The van der Waals surface area contributed by atoms with Gasteiger partial charge in [-0.25, -0.2) is 4.98 Å². The van der Waals surface area contributed by atoms with E-state index in [9.17, 15) is 27.6 Å². The lowest BCUT2D eigenvalue weighted by Crippen LogP contribution is -2.29. The molecule has 0 spiro atoms. The number of anilines is 1. The Morgan fingerprint density at radius 1 is 1.07 bits per heavy atom. The average Bonchev–Trinajstić information content (AvgIpc) is 2.88. The number of amides is 3. The predicted molar refractivity (Wildman–Crippen MR) is 92.9 cm³/mol. The Bertz CT molecular complexity index is 942. The number of hydrogen-bond acceptors (Lipinski definition) is 5. The summed E-state index contributed by atoms with van der Waals surface area (Å²) in [6.07, 6.45) is -3.73. The molecular weight excluding hydrogens is 377 g/mol. The van der Waals surface area contributed by atoms with Crippen LogP contribution in [0, 0.1) is 0 Å². The normalized spacial score (nSPS) is 13.5. The van der Waals surface area contributed by atoms with Crippen LogP contribution >= 0.6 is 0 Å². The first-order valence-corrected chi connectivity index (χ1v) is 8.20. The fraction of sp³-hybridized carbons (Fsp3) is 0.222. The highest BCUT2D eigenvalue weighted by molar-refractivity contribution is 6.21. The van der Waals surface area contributed by atoms with Gasteiger partial charge in [0.2, 0.25) is 0 Å². The summed E-state index contributed by atoms with van der Waals surface area (Å²) in [6, 6.07) is 6.35. The van der Waals surface area contributed by atoms with Crippen LogP contribution in [0.1, 0.15) is 36.6 Å². The first-order valence-electron chi connectivity index (χ1n) is 8.20. The molecule has 1 aliphatic heterocycles. The number of hydrogen-bond donors (Lipinski definition) is 2. The molecule has 3 rings (SSSR count). The number of fused-ring (bicyclic) bond motifs is 1. The Morgan fingerprint density at radius 2 is 1.79 bits per heavy atom. The first-order chi connectivity index (χ1) is 13.2. The zero-order valence-corrected chi connectivity index (χ0v) is 14.6. The predicted octanol–water partition coefficient (Wildman–Crippen LogP) is 2.17. The highest BCUT2D eigenvalue weighted by atomic mass is 19.4. The Hall–Kier alpha value is -3.43. The third kappa shape index (κ3) is 3.80. The van der Waals surface area contributed by atoms with E-state index in [1.807, 2.05) is 0 Å². The molecule has 2 aromatic rings. The van der Waals surface area contributed by atoms with Crippen molar-refractivity contribution in [2.24, 2.45) is 0 Å². The molecule has 1 aromatic heterocycles. The van der Waals surface area contributed by atoms with E-state index in [-0.39, 0.29) is 35.6 Å². The maximum Gasteiger partial charge on any atom is 0.417 e. The molecular formula is C18H15F3N4O3. The molecule has 1 aromatic carbocycles. The van der Waals surface area contributed by atoms with E-state index in [2.05, 4.69) is 15.6 Å². The number of carbonyl (C=O) groups excluding carboxylic acids is 3. The molecule has 146 valence electrons. The maximum atomic E-state index is 12.5. The topological polar surface area (TPSA) is 91.4 Å². The third-order valence-corrected chi connectivity index (χ3v) is 4.16. The van der Waals surface area contributed by atoms with Gasteiger partial charge in [-0.05, 0) is 30.3 Å². The van der Waals surface area contributed by atoms with Gasteiger partial charge in [-0.15, -0.1) is 0 Å². The average molecular weight is 392 g/mol. The zero-order valence-electron chi connectivity index (χ0n) is 14.6. The number of imide groups is 1. The molecule has 0 saturated carbocycles. The molecule has 0 fully saturated rings. The number of aromatic nitrogens is 1. The lowest BCUT2D eigenvalue weighted by Gasteiger charge is -2.09. The minimum Gasteiger partial charge on any atom is -0.368 e. The number of benzene rings is 1. The molecule has 0 bridgehead atoms. The van der Waals surface area contributed by atoms with Crippen LogP contribution in [0.15, 0.2) is 36.5 Å². The minimum atomic E-state index is -4.45. The van der Waals surface area contributed by atoms with Crippen molar-refractivity contribution in [3.8, 4) is 0 Å². The molecule has 0 radical (unpaired) electrons. The second-order valence-electron chi connectivity index (χ2n) is 6.04. The highest BCUT2D eigenvalue weighted by Gasteiger charge is 2.33. The Labute approximate surface area is 157 Å². The number of carbonyl (C=O) groups is 3.